The van der Waals surface area contributed by atoms with Gasteiger partial charge < -0.3 is 0 Å². The van der Waals surface area contributed by atoms with Gasteiger partial charge in [0.25, 0.3) is 10.0 Å². The predicted molar refractivity (Wildman–Crippen MR) is 92.5 cm³/mol. The smallest absolute Gasteiger partial charge is 0.200 e. The average molecular weight is 328 g/mol. The number of nitrogens with zero attached hydrogens (tertiary/aromatic N) is 1. The van der Waals surface area contributed by atoms with Crippen molar-refractivity contribution in [3.63, 3.8) is 0 Å². The van der Waals surface area contributed by atoms with Gasteiger partial charge in [-0.1, -0.05) is 61.1 Å². The molecule has 0 spiro atoms. The van der Waals surface area contributed by atoms with E-state index in [9.17, 15) is 8.42 Å². The zero-order chi connectivity index (χ0) is 16.4. The number of hydrazone groups is 1. The SMILES string of the molecule is Cc1ccc(S(=O)(=O)N/N=C2/[C@@H]3C=C/C=C/[C@@H](C=C3)[C@@H]2C)cc1. The summed E-state index contributed by atoms with van der Waals surface area (Å²) < 4.78 is 24.8. The maximum Gasteiger partial charge on any atom is 0.276 e. The van der Waals surface area contributed by atoms with Crippen molar-refractivity contribution in [2.75, 3.05) is 0 Å². The van der Waals surface area contributed by atoms with Crippen molar-refractivity contribution in [3.8, 4) is 0 Å². The van der Waals surface area contributed by atoms with Crippen molar-refractivity contribution < 1.29 is 8.42 Å². The Labute approximate surface area is 137 Å². The molecule has 1 aromatic carbocycles. The van der Waals surface area contributed by atoms with Gasteiger partial charge in [0.15, 0.2) is 0 Å². The molecular weight excluding hydrogens is 308 g/mol. The molecule has 0 radical (unpaired) electrons. The van der Waals surface area contributed by atoms with E-state index in [1.165, 1.54) is 0 Å². The van der Waals surface area contributed by atoms with Crippen LogP contribution in [0.2, 0.25) is 0 Å². The van der Waals surface area contributed by atoms with Crippen LogP contribution in [0.4, 0.5) is 0 Å². The minimum atomic E-state index is -3.64. The normalized spacial score (nSPS) is 29.3. The molecule has 0 heterocycles. The van der Waals surface area contributed by atoms with Gasteiger partial charge in [-0.25, -0.2) is 4.83 Å². The molecule has 2 bridgehead atoms. The zero-order valence-corrected chi connectivity index (χ0v) is 14.0. The monoisotopic (exact) mass is 328 g/mol. The van der Waals surface area contributed by atoms with Crippen LogP contribution in [-0.4, -0.2) is 14.1 Å². The lowest BCUT2D eigenvalue weighted by atomic mass is 9.77. The highest BCUT2D eigenvalue weighted by atomic mass is 32.2. The van der Waals surface area contributed by atoms with Crippen LogP contribution >= 0.6 is 0 Å². The molecule has 0 aromatic heterocycles. The third-order valence-electron chi connectivity index (χ3n) is 4.32. The van der Waals surface area contributed by atoms with E-state index in [4.69, 9.17) is 0 Å². The Balaban J connectivity index is 1.87. The topological polar surface area (TPSA) is 58.5 Å². The lowest BCUT2D eigenvalue weighted by Gasteiger charge is -2.29. The van der Waals surface area contributed by atoms with Crippen LogP contribution in [0.3, 0.4) is 0 Å². The Morgan fingerprint density at radius 3 is 2.43 bits per heavy atom. The molecule has 3 aliphatic carbocycles. The molecule has 5 heteroatoms. The third-order valence-corrected chi connectivity index (χ3v) is 5.54. The minimum Gasteiger partial charge on any atom is -0.200 e. The molecule has 3 atom stereocenters. The Bertz CT molecular complexity index is 802. The van der Waals surface area contributed by atoms with E-state index in [0.717, 1.165) is 11.3 Å². The van der Waals surface area contributed by atoms with Crippen molar-refractivity contribution in [2.45, 2.75) is 18.7 Å². The van der Waals surface area contributed by atoms with Gasteiger partial charge >= 0.3 is 0 Å². The molecule has 4 nitrogen and oxygen atoms in total. The van der Waals surface area contributed by atoms with E-state index < -0.39 is 10.0 Å². The first kappa shape index (κ1) is 15.7. The number of nitrogens with one attached hydrogen (secondary N) is 1. The molecule has 1 N–H and O–H groups in total. The van der Waals surface area contributed by atoms with Crippen LogP contribution in [0, 0.1) is 24.7 Å². The van der Waals surface area contributed by atoms with E-state index >= 15 is 0 Å². The zero-order valence-electron chi connectivity index (χ0n) is 13.2. The summed E-state index contributed by atoms with van der Waals surface area (Å²) in [4.78, 5) is 2.62. The van der Waals surface area contributed by atoms with Crippen LogP contribution in [-0.2, 0) is 10.0 Å². The fourth-order valence-corrected chi connectivity index (χ4v) is 3.67. The molecule has 0 amide bonds. The predicted octanol–water partition coefficient (Wildman–Crippen LogP) is 3.19. The lowest BCUT2D eigenvalue weighted by Crippen LogP contribution is -2.32. The molecule has 0 unspecified atom stereocenters. The average Bonchev–Trinajstić information content (AvgIpc) is 2.48. The summed E-state index contributed by atoms with van der Waals surface area (Å²) in [5.74, 6) is 0.442. The largest absolute Gasteiger partial charge is 0.276 e. The molecule has 23 heavy (non-hydrogen) atoms. The second-order valence-electron chi connectivity index (χ2n) is 5.99. The molecule has 0 saturated heterocycles. The number of fused-ring (bicyclic) bond motifs is 2. The molecule has 0 aliphatic heterocycles. The fraction of sp³-hybridized carbons (Fsp3) is 0.278. The molecule has 120 valence electrons. The third kappa shape index (κ3) is 3.29. The van der Waals surface area contributed by atoms with Gasteiger partial charge in [0.05, 0.1) is 10.6 Å². The lowest BCUT2D eigenvalue weighted by molar-refractivity contribution is 0.577. The van der Waals surface area contributed by atoms with Gasteiger partial charge in [0.2, 0.25) is 0 Å². The number of sulfonamides is 1. The van der Waals surface area contributed by atoms with Crippen molar-refractivity contribution in [1.82, 2.24) is 4.83 Å². The highest BCUT2D eigenvalue weighted by Crippen LogP contribution is 2.29. The molecule has 0 fully saturated rings. The summed E-state index contributed by atoms with van der Waals surface area (Å²) in [6, 6.07) is 6.74. The van der Waals surface area contributed by atoms with Crippen molar-refractivity contribution in [3.05, 3.63) is 66.3 Å². The fourth-order valence-electron chi connectivity index (χ4n) is 2.84. The first-order valence-electron chi connectivity index (χ1n) is 7.66. The van der Waals surface area contributed by atoms with Gasteiger partial charge in [-0.3, -0.25) is 0 Å². The first-order valence-corrected chi connectivity index (χ1v) is 9.15. The Kier molecular flexibility index (Phi) is 4.22. The van der Waals surface area contributed by atoms with Crippen LogP contribution in [0.25, 0.3) is 0 Å². The maximum atomic E-state index is 12.4. The van der Waals surface area contributed by atoms with Crippen LogP contribution < -0.4 is 4.83 Å². The van der Waals surface area contributed by atoms with Gasteiger partial charge in [0.1, 0.15) is 0 Å². The molecular formula is C18H20N2O2S. The van der Waals surface area contributed by atoms with E-state index in [2.05, 4.69) is 35.1 Å². The molecule has 4 rings (SSSR count). The number of allylic oxidation sites excluding steroid dienone is 6. The number of aryl methyl sites for hydroxylation is 1. The molecule has 1 aromatic rings. The Hall–Kier alpha value is -2.14. The maximum absolute atomic E-state index is 12.4. The van der Waals surface area contributed by atoms with Gasteiger partial charge in [-0.05, 0) is 19.1 Å². The molecule has 0 saturated carbocycles. The van der Waals surface area contributed by atoms with Crippen LogP contribution in [0.5, 0.6) is 0 Å². The minimum absolute atomic E-state index is 0.0342. The Morgan fingerprint density at radius 2 is 1.70 bits per heavy atom. The summed E-state index contributed by atoms with van der Waals surface area (Å²) in [5.41, 5.74) is 1.86. The highest BCUT2D eigenvalue weighted by molar-refractivity contribution is 7.89. The van der Waals surface area contributed by atoms with Gasteiger partial charge in [-0.15, -0.1) is 0 Å². The second-order valence-corrected chi connectivity index (χ2v) is 7.65. The second kappa shape index (κ2) is 6.16. The van der Waals surface area contributed by atoms with Crippen LogP contribution in [0.15, 0.2) is 70.7 Å². The van der Waals surface area contributed by atoms with Gasteiger partial charge in [-0.2, -0.15) is 13.5 Å². The summed E-state index contributed by atoms with van der Waals surface area (Å²) in [6.07, 6.45) is 12.4. The number of benzene rings is 1. The van der Waals surface area contributed by atoms with E-state index in [0.29, 0.717) is 0 Å². The van der Waals surface area contributed by atoms with Crippen molar-refractivity contribution >= 4 is 15.7 Å². The van der Waals surface area contributed by atoms with E-state index in [1.54, 1.807) is 24.3 Å². The van der Waals surface area contributed by atoms with Crippen LogP contribution in [0.1, 0.15) is 12.5 Å². The quantitative estimate of drug-likeness (QED) is 0.684. The number of rotatable bonds is 3. The van der Waals surface area contributed by atoms with Crippen molar-refractivity contribution in [1.29, 1.82) is 0 Å². The molecule has 3 aliphatic rings. The number of hydrogen-bond donors (Lipinski definition) is 1. The summed E-state index contributed by atoms with van der Waals surface area (Å²) in [5, 5.41) is 4.26. The Morgan fingerprint density at radius 1 is 1.00 bits per heavy atom. The van der Waals surface area contributed by atoms with E-state index in [1.807, 2.05) is 25.2 Å². The summed E-state index contributed by atoms with van der Waals surface area (Å²) in [7, 11) is -3.64. The highest BCUT2D eigenvalue weighted by Gasteiger charge is 2.28. The van der Waals surface area contributed by atoms with Crippen molar-refractivity contribution in [2.24, 2.45) is 22.9 Å². The first-order chi connectivity index (χ1) is 11.0. The van der Waals surface area contributed by atoms with Gasteiger partial charge in [0, 0.05) is 17.8 Å². The summed E-state index contributed by atoms with van der Waals surface area (Å²) >= 11 is 0. The van der Waals surface area contributed by atoms with E-state index in [-0.39, 0.29) is 22.6 Å². The number of hydrogen-bond acceptors (Lipinski definition) is 3. The summed E-state index contributed by atoms with van der Waals surface area (Å²) in [6.45, 7) is 3.99. The standard InChI is InChI=1S/C18H20N2O2S/c1-13-7-11-17(12-8-13)23(21,22)20-19-18-14(2)15-5-3-4-6-16(18)10-9-15/h3-12,14-16,20H,1-2H3/b5-3+,6-4?,19-18+/t14-,15-,16+/m0/s1.